The quantitative estimate of drug-likeness (QED) is 0.663. The number of rotatable bonds is 8. The van der Waals surface area contributed by atoms with Gasteiger partial charge in [-0.05, 0) is 44.5 Å². The minimum atomic E-state index is -0.904. The number of likely N-dealkylation sites (N-methyl/N-ethyl adjacent to an activating group) is 1. The van der Waals surface area contributed by atoms with E-state index in [1.807, 2.05) is 0 Å². The molecule has 0 bridgehead atoms. The summed E-state index contributed by atoms with van der Waals surface area (Å²) in [6.45, 7) is 3.46. The van der Waals surface area contributed by atoms with Gasteiger partial charge in [0.05, 0.1) is 0 Å². The summed E-state index contributed by atoms with van der Waals surface area (Å²) in [6, 6.07) is 6.17. The molecule has 0 atom stereocenters. The van der Waals surface area contributed by atoms with E-state index < -0.39 is 17.5 Å². The van der Waals surface area contributed by atoms with E-state index in [1.165, 1.54) is 4.90 Å². The number of carbonyl (C=O) groups is 3. The first kappa shape index (κ1) is 20.3. The molecule has 1 aromatic carbocycles. The van der Waals surface area contributed by atoms with E-state index in [1.54, 1.807) is 52.2 Å². The van der Waals surface area contributed by atoms with Gasteiger partial charge in [0, 0.05) is 31.7 Å². The van der Waals surface area contributed by atoms with Crippen molar-refractivity contribution in [3.05, 3.63) is 24.3 Å². The van der Waals surface area contributed by atoms with Gasteiger partial charge in [-0.1, -0.05) is 0 Å². The van der Waals surface area contributed by atoms with Gasteiger partial charge in [-0.3, -0.25) is 9.59 Å². The molecule has 0 aromatic heterocycles. The molecular formula is C17H25N3O5. The van der Waals surface area contributed by atoms with Crippen molar-refractivity contribution in [3.8, 4) is 5.75 Å². The monoisotopic (exact) mass is 351 g/mol. The van der Waals surface area contributed by atoms with Crippen LogP contribution in [0.4, 0.5) is 10.5 Å². The Morgan fingerprint density at radius 1 is 1.16 bits per heavy atom. The Labute approximate surface area is 147 Å². The number of anilines is 1. The number of aliphatic carboxylic acids is 1. The largest absolute Gasteiger partial charge is 0.484 e. The highest BCUT2D eigenvalue weighted by atomic mass is 16.5. The van der Waals surface area contributed by atoms with Crippen molar-refractivity contribution < 1.29 is 24.2 Å². The minimum absolute atomic E-state index is 0.0228. The number of carboxylic acid groups (broad SMARTS) is 1. The Balaban J connectivity index is 2.50. The van der Waals surface area contributed by atoms with Gasteiger partial charge < -0.3 is 25.4 Å². The number of carboxylic acids is 1. The van der Waals surface area contributed by atoms with Crippen LogP contribution < -0.4 is 15.4 Å². The number of hydrogen-bond acceptors (Lipinski definition) is 4. The molecule has 0 aliphatic heterocycles. The highest BCUT2D eigenvalue weighted by Crippen LogP contribution is 2.16. The topological polar surface area (TPSA) is 108 Å². The molecule has 3 amide bonds. The highest BCUT2D eigenvalue weighted by molar-refractivity contribution is 5.89. The molecule has 1 rings (SSSR count). The Morgan fingerprint density at radius 3 is 2.28 bits per heavy atom. The highest BCUT2D eigenvalue weighted by Gasteiger charge is 2.21. The lowest BCUT2D eigenvalue weighted by Crippen LogP contribution is -2.45. The summed E-state index contributed by atoms with van der Waals surface area (Å²) in [5.74, 6) is -0.535. The minimum Gasteiger partial charge on any atom is -0.484 e. The van der Waals surface area contributed by atoms with Crippen molar-refractivity contribution in [2.45, 2.75) is 32.2 Å². The van der Waals surface area contributed by atoms with Crippen molar-refractivity contribution in [1.82, 2.24) is 10.2 Å². The van der Waals surface area contributed by atoms with Gasteiger partial charge in [-0.25, -0.2) is 4.79 Å². The molecule has 0 spiro atoms. The van der Waals surface area contributed by atoms with Gasteiger partial charge in [-0.2, -0.15) is 0 Å². The molecule has 0 radical (unpaired) electrons. The normalized spacial score (nSPS) is 10.7. The molecule has 3 N–H and O–H groups in total. The van der Waals surface area contributed by atoms with E-state index in [0.29, 0.717) is 17.9 Å². The van der Waals surface area contributed by atoms with Crippen LogP contribution in [0.25, 0.3) is 0 Å². The summed E-state index contributed by atoms with van der Waals surface area (Å²) in [5.41, 5.74) is -0.0873. The summed E-state index contributed by atoms with van der Waals surface area (Å²) in [5, 5.41) is 14.1. The third-order valence-electron chi connectivity index (χ3n) is 3.39. The zero-order valence-electron chi connectivity index (χ0n) is 15.0. The number of nitrogens with one attached hydrogen (secondary N) is 2. The Kier molecular flexibility index (Phi) is 7.22. The summed E-state index contributed by atoms with van der Waals surface area (Å²) in [6.07, 6.45) is 0.299. The van der Waals surface area contributed by atoms with Gasteiger partial charge in [0.25, 0.3) is 5.91 Å². The molecule has 0 fully saturated rings. The van der Waals surface area contributed by atoms with Gasteiger partial charge in [-0.15, -0.1) is 0 Å². The lowest BCUT2D eigenvalue weighted by Gasteiger charge is -2.25. The summed E-state index contributed by atoms with van der Waals surface area (Å²) >= 11 is 0. The fourth-order valence-electron chi connectivity index (χ4n) is 1.86. The Bertz CT molecular complexity index is 611. The average Bonchev–Trinajstić information content (AvgIpc) is 2.51. The van der Waals surface area contributed by atoms with Gasteiger partial charge in [0.15, 0.2) is 6.61 Å². The van der Waals surface area contributed by atoms with Gasteiger partial charge in [0.1, 0.15) is 5.75 Å². The van der Waals surface area contributed by atoms with E-state index in [0.717, 1.165) is 0 Å². The molecule has 8 nitrogen and oxygen atoms in total. The summed E-state index contributed by atoms with van der Waals surface area (Å²) in [7, 11) is 3.30. The SMILES string of the molecule is CN(C)C(=O)COc1ccc(NC(=O)NC(C)(C)CCC(=O)O)cc1. The first-order valence-corrected chi connectivity index (χ1v) is 7.83. The molecule has 0 saturated heterocycles. The number of hydrogen-bond donors (Lipinski definition) is 3. The van der Waals surface area contributed by atoms with Crippen LogP contribution in [0, 0.1) is 0 Å². The standard InChI is InChI=1S/C17H25N3O5/c1-17(2,10-9-15(22)23)19-16(24)18-12-5-7-13(8-6-12)25-11-14(21)20(3)4/h5-8H,9-11H2,1-4H3,(H,22,23)(H2,18,19,24). The summed E-state index contributed by atoms with van der Waals surface area (Å²) < 4.78 is 5.35. The molecular weight excluding hydrogens is 326 g/mol. The van der Waals surface area contributed by atoms with E-state index in [9.17, 15) is 14.4 Å². The molecule has 0 saturated carbocycles. The van der Waals surface area contributed by atoms with Crippen molar-refractivity contribution >= 4 is 23.6 Å². The van der Waals surface area contributed by atoms with Crippen molar-refractivity contribution in [2.24, 2.45) is 0 Å². The van der Waals surface area contributed by atoms with Crippen LogP contribution in [0.1, 0.15) is 26.7 Å². The van der Waals surface area contributed by atoms with Crippen LogP contribution in [-0.2, 0) is 9.59 Å². The molecule has 0 aliphatic rings. The number of urea groups is 1. The number of nitrogens with zero attached hydrogens (tertiary/aromatic N) is 1. The van der Waals surface area contributed by atoms with Crippen molar-refractivity contribution in [3.63, 3.8) is 0 Å². The third-order valence-corrected chi connectivity index (χ3v) is 3.39. The average molecular weight is 351 g/mol. The second-order valence-electron chi connectivity index (χ2n) is 6.46. The van der Waals surface area contributed by atoms with Gasteiger partial charge >= 0.3 is 12.0 Å². The third kappa shape index (κ3) is 8.05. The van der Waals surface area contributed by atoms with E-state index in [2.05, 4.69) is 10.6 Å². The zero-order valence-corrected chi connectivity index (χ0v) is 15.0. The first-order chi connectivity index (χ1) is 11.6. The van der Waals surface area contributed by atoms with Gasteiger partial charge in [0.2, 0.25) is 0 Å². The lowest BCUT2D eigenvalue weighted by atomic mass is 9.99. The second-order valence-corrected chi connectivity index (χ2v) is 6.46. The fourth-order valence-corrected chi connectivity index (χ4v) is 1.86. The first-order valence-electron chi connectivity index (χ1n) is 7.83. The van der Waals surface area contributed by atoms with E-state index >= 15 is 0 Å². The van der Waals surface area contributed by atoms with E-state index in [-0.39, 0.29) is 18.9 Å². The molecule has 138 valence electrons. The fraction of sp³-hybridized carbons (Fsp3) is 0.471. The van der Waals surface area contributed by atoms with Crippen LogP contribution in [-0.4, -0.2) is 54.2 Å². The maximum absolute atomic E-state index is 12.0. The van der Waals surface area contributed by atoms with Crippen molar-refractivity contribution in [2.75, 3.05) is 26.0 Å². The Hall–Kier alpha value is -2.77. The number of benzene rings is 1. The predicted molar refractivity (Wildman–Crippen MR) is 93.7 cm³/mol. The van der Waals surface area contributed by atoms with Crippen LogP contribution in [0.2, 0.25) is 0 Å². The lowest BCUT2D eigenvalue weighted by molar-refractivity contribution is -0.137. The van der Waals surface area contributed by atoms with Crippen LogP contribution in [0.3, 0.4) is 0 Å². The second kappa shape index (κ2) is 8.91. The summed E-state index contributed by atoms with van der Waals surface area (Å²) in [4.78, 5) is 35.5. The van der Waals surface area contributed by atoms with E-state index in [4.69, 9.17) is 9.84 Å². The predicted octanol–water partition coefficient (Wildman–Crippen LogP) is 1.92. The molecule has 0 unspecified atom stereocenters. The molecule has 0 heterocycles. The maximum atomic E-state index is 12.0. The number of carbonyl (C=O) groups excluding carboxylic acids is 2. The van der Waals surface area contributed by atoms with Crippen LogP contribution in [0.5, 0.6) is 5.75 Å². The van der Waals surface area contributed by atoms with Crippen molar-refractivity contribution in [1.29, 1.82) is 0 Å². The van der Waals surface area contributed by atoms with Crippen LogP contribution >= 0.6 is 0 Å². The molecule has 1 aromatic rings. The number of ether oxygens (including phenoxy) is 1. The van der Waals surface area contributed by atoms with Crippen LogP contribution in [0.15, 0.2) is 24.3 Å². The Morgan fingerprint density at radius 2 is 1.76 bits per heavy atom. The smallest absolute Gasteiger partial charge is 0.319 e. The zero-order chi connectivity index (χ0) is 19.0. The molecule has 0 aliphatic carbocycles. The molecule has 8 heteroatoms. The molecule has 25 heavy (non-hydrogen) atoms. The number of amides is 3. The maximum Gasteiger partial charge on any atom is 0.319 e.